The van der Waals surface area contributed by atoms with E-state index in [1.165, 1.54) is 5.56 Å². The summed E-state index contributed by atoms with van der Waals surface area (Å²) in [6.07, 6.45) is 0.765. The van der Waals surface area contributed by atoms with E-state index in [4.69, 9.17) is 9.47 Å². The Morgan fingerprint density at radius 2 is 2.11 bits per heavy atom. The smallest absolute Gasteiger partial charge is 0.161 e. The van der Waals surface area contributed by atoms with Gasteiger partial charge in [-0.15, -0.1) is 0 Å². The zero-order chi connectivity index (χ0) is 13.1. The summed E-state index contributed by atoms with van der Waals surface area (Å²) in [5.74, 6) is 1.47. The van der Waals surface area contributed by atoms with Crippen molar-refractivity contribution in [2.75, 3.05) is 6.61 Å². The molecule has 0 aliphatic carbocycles. The number of rotatable bonds is 4. The molecule has 0 radical (unpaired) electrons. The second kappa shape index (κ2) is 5.63. The van der Waals surface area contributed by atoms with E-state index in [0.29, 0.717) is 18.8 Å². The lowest BCUT2D eigenvalue weighted by Gasteiger charge is -2.29. The third-order valence-corrected chi connectivity index (χ3v) is 4.00. The molecule has 3 nitrogen and oxygen atoms in total. The van der Waals surface area contributed by atoms with Gasteiger partial charge in [0.15, 0.2) is 17.6 Å². The molecule has 0 bridgehead atoms. The molecule has 19 heavy (non-hydrogen) atoms. The monoisotopic (exact) mass is 276 g/mol. The van der Waals surface area contributed by atoms with Crippen LogP contribution in [-0.4, -0.2) is 23.9 Å². The third-order valence-electron chi connectivity index (χ3n) is 3.27. The van der Waals surface area contributed by atoms with Crippen molar-refractivity contribution in [3.05, 3.63) is 46.7 Å². The SMILES string of the molecule is OC(CCc1ccsc1)C1COc2ccccc2O1. The normalized spacial score (nSPS) is 19.1. The first kappa shape index (κ1) is 12.5. The van der Waals surface area contributed by atoms with Crippen LogP contribution in [0.5, 0.6) is 11.5 Å². The second-order valence-corrected chi connectivity index (χ2v) is 5.43. The van der Waals surface area contributed by atoms with Gasteiger partial charge in [-0.1, -0.05) is 12.1 Å². The number of thiophene rings is 1. The molecule has 0 spiro atoms. The molecule has 3 rings (SSSR count). The number of benzene rings is 1. The average molecular weight is 276 g/mol. The minimum absolute atomic E-state index is 0.284. The summed E-state index contributed by atoms with van der Waals surface area (Å²) in [6.45, 7) is 0.405. The average Bonchev–Trinajstić information content (AvgIpc) is 2.97. The fourth-order valence-electron chi connectivity index (χ4n) is 2.16. The Labute approximate surface area is 116 Å². The molecule has 1 aliphatic heterocycles. The van der Waals surface area contributed by atoms with Crippen molar-refractivity contribution in [3.63, 3.8) is 0 Å². The van der Waals surface area contributed by atoms with E-state index in [1.807, 2.05) is 24.3 Å². The highest BCUT2D eigenvalue weighted by Crippen LogP contribution is 2.32. The quantitative estimate of drug-likeness (QED) is 0.933. The minimum atomic E-state index is -0.506. The maximum Gasteiger partial charge on any atom is 0.161 e. The van der Waals surface area contributed by atoms with Crippen LogP contribution in [0.1, 0.15) is 12.0 Å². The van der Waals surface area contributed by atoms with Gasteiger partial charge in [0.2, 0.25) is 0 Å². The maximum atomic E-state index is 10.2. The first-order valence-corrected chi connectivity index (χ1v) is 7.35. The molecule has 0 amide bonds. The zero-order valence-corrected chi connectivity index (χ0v) is 11.3. The Morgan fingerprint density at radius 3 is 2.89 bits per heavy atom. The van der Waals surface area contributed by atoms with Gasteiger partial charge in [-0.05, 0) is 47.4 Å². The van der Waals surface area contributed by atoms with Gasteiger partial charge in [-0.3, -0.25) is 0 Å². The molecule has 0 fully saturated rings. The van der Waals surface area contributed by atoms with Gasteiger partial charge in [0, 0.05) is 0 Å². The van der Waals surface area contributed by atoms with Gasteiger partial charge in [0.1, 0.15) is 6.61 Å². The zero-order valence-electron chi connectivity index (χ0n) is 10.5. The van der Waals surface area contributed by atoms with E-state index in [9.17, 15) is 5.11 Å². The van der Waals surface area contributed by atoms with Crippen molar-refractivity contribution in [3.8, 4) is 11.5 Å². The van der Waals surface area contributed by atoms with Crippen LogP contribution in [-0.2, 0) is 6.42 Å². The van der Waals surface area contributed by atoms with Crippen molar-refractivity contribution in [2.24, 2.45) is 0 Å². The summed E-state index contributed by atoms with van der Waals surface area (Å²) in [6, 6.07) is 9.65. The number of hydrogen-bond acceptors (Lipinski definition) is 4. The molecule has 0 saturated heterocycles. The fourth-order valence-corrected chi connectivity index (χ4v) is 2.86. The van der Waals surface area contributed by atoms with Crippen LogP contribution in [0.25, 0.3) is 0 Å². The number of aryl methyl sites for hydroxylation is 1. The summed E-state index contributed by atoms with van der Waals surface area (Å²) < 4.78 is 11.4. The van der Waals surface area contributed by atoms with Crippen LogP contribution in [0.15, 0.2) is 41.1 Å². The van der Waals surface area contributed by atoms with Crippen LogP contribution in [0.3, 0.4) is 0 Å². The molecular formula is C15H16O3S. The predicted molar refractivity (Wildman–Crippen MR) is 75.0 cm³/mol. The largest absolute Gasteiger partial charge is 0.486 e. The molecule has 1 aliphatic rings. The van der Waals surface area contributed by atoms with Gasteiger partial charge < -0.3 is 14.6 Å². The van der Waals surface area contributed by atoms with Gasteiger partial charge >= 0.3 is 0 Å². The number of hydrogen-bond donors (Lipinski definition) is 1. The Hall–Kier alpha value is -1.52. The molecule has 100 valence electrons. The number of ether oxygens (including phenoxy) is 2. The summed E-state index contributed by atoms with van der Waals surface area (Å²) in [5.41, 5.74) is 1.26. The molecule has 2 unspecified atom stereocenters. The van der Waals surface area contributed by atoms with Crippen molar-refractivity contribution in [2.45, 2.75) is 25.0 Å². The van der Waals surface area contributed by atoms with Crippen LogP contribution < -0.4 is 9.47 Å². The first-order valence-electron chi connectivity index (χ1n) is 6.40. The van der Waals surface area contributed by atoms with Gasteiger partial charge in [-0.25, -0.2) is 0 Å². The van der Waals surface area contributed by atoms with Gasteiger partial charge in [-0.2, -0.15) is 11.3 Å². The maximum absolute atomic E-state index is 10.2. The summed E-state index contributed by atoms with van der Waals surface area (Å²) in [4.78, 5) is 0. The van der Waals surface area contributed by atoms with Crippen molar-refractivity contribution >= 4 is 11.3 Å². The molecule has 1 N–H and O–H groups in total. The first-order chi connectivity index (χ1) is 9.33. The molecule has 1 aromatic heterocycles. The molecule has 2 heterocycles. The number of para-hydroxylation sites is 2. The highest BCUT2D eigenvalue weighted by atomic mass is 32.1. The van der Waals surface area contributed by atoms with E-state index in [-0.39, 0.29) is 6.10 Å². The van der Waals surface area contributed by atoms with E-state index >= 15 is 0 Å². The summed E-state index contributed by atoms with van der Waals surface area (Å²) in [5, 5.41) is 14.4. The molecule has 2 atom stereocenters. The number of fused-ring (bicyclic) bond motifs is 1. The Bertz CT molecular complexity index is 524. The highest BCUT2D eigenvalue weighted by Gasteiger charge is 2.27. The van der Waals surface area contributed by atoms with E-state index in [2.05, 4.69) is 16.8 Å². The standard InChI is InChI=1S/C15H16O3S/c16-12(6-5-11-7-8-19-10-11)15-9-17-13-3-1-2-4-14(13)18-15/h1-4,7-8,10,12,15-16H,5-6,9H2. The van der Waals surface area contributed by atoms with Crippen molar-refractivity contribution in [1.82, 2.24) is 0 Å². The lowest BCUT2D eigenvalue weighted by atomic mass is 10.1. The third kappa shape index (κ3) is 2.91. The number of aliphatic hydroxyl groups excluding tert-OH is 1. The van der Waals surface area contributed by atoms with Gasteiger partial charge in [0.05, 0.1) is 6.10 Å². The summed E-state index contributed by atoms with van der Waals surface area (Å²) in [7, 11) is 0. The fraction of sp³-hybridized carbons (Fsp3) is 0.333. The molecule has 4 heteroatoms. The van der Waals surface area contributed by atoms with E-state index in [1.54, 1.807) is 11.3 Å². The molecule has 0 saturated carbocycles. The van der Waals surface area contributed by atoms with Crippen LogP contribution >= 0.6 is 11.3 Å². The lowest BCUT2D eigenvalue weighted by Crippen LogP contribution is -2.39. The van der Waals surface area contributed by atoms with Crippen LogP contribution in [0.4, 0.5) is 0 Å². The lowest BCUT2D eigenvalue weighted by molar-refractivity contribution is -0.0133. The Kier molecular flexibility index (Phi) is 3.71. The highest BCUT2D eigenvalue weighted by molar-refractivity contribution is 7.07. The Morgan fingerprint density at radius 1 is 1.26 bits per heavy atom. The van der Waals surface area contributed by atoms with E-state index < -0.39 is 6.10 Å². The minimum Gasteiger partial charge on any atom is -0.486 e. The predicted octanol–water partition coefficient (Wildman–Crippen LogP) is 2.88. The number of aliphatic hydroxyl groups is 1. The Balaban J connectivity index is 1.58. The second-order valence-electron chi connectivity index (χ2n) is 4.65. The van der Waals surface area contributed by atoms with Gasteiger partial charge in [0.25, 0.3) is 0 Å². The van der Waals surface area contributed by atoms with Crippen molar-refractivity contribution < 1.29 is 14.6 Å². The van der Waals surface area contributed by atoms with Crippen LogP contribution in [0, 0.1) is 0 Å². The van der Waals surface area contributed by atoms with Crippen LogP contribution in [0.2, 0.25) is 0 Å². The van der Waals surface area contributed by atoms with E-state index in [0.717, 1.165) is 12.2 Å². The molecular weight excluding hydrogens is 260 g/mol. The summed E-state index contributed by atoms with van der Waals surface area (Å²) >= 11 is 1.68. The topological polar surface area (TPSA) is 38.7 Å². The van der Waals surface area contributed by atoms with Crippen molar-refractivity contribution in [1.29, 1.82) is 0 Å². The molecule has 1 aromatic carbocycles. The molecule has 2 aromatic rings.